The van der Waals surface area contributed by atoms with Gasteiger partial charge in [0.05, 0.1) is 23.9 Å². The first-order valence-corrected chi connectivity index (χ1v) is 9.36. The maximum atomic E-state index is 12.4. The number of hydrogen-bond acceptors (Lipinski definition) is 4. The van der Waals surface area contributed by atoms with E-state index in [1.54, 1.807) is 29.2 Å². The van der Waals surface area contributed by atoms with E-state index >= 15 is 0 Å². The van der Waals surface area contributed by atoms with Crippen molar-refractivity contribution in [2.75, 3.05) is 18.5 Å². The molecular formula is C20H29N3O4. The lowest BCUT2D eigenvalue weighted by molar-refractivity contribution is -0.131. The van der Waals surface area contributed by atoms with Gasteiger partial charge in [-0.05, 0) is 39.3 Å². The Hall–Kier alpha value is -2.57. The molecule has 1 fully saturated rings. The SMILES string of the molecule is CCCCOC(=O)c1ccccc1NC(=O)NC1CC(=O)N(C(C)(C)C)C1. The molecule has 1 atom stereocenters. The van der Waals surface area contributed by atoms with Crippen molar-refractivity contribution in [3.8, 4) is 0 Å². The highest BCUT2D eigenvalue weighted by Crippen LogP contribution is 2.22. The molecule has 7 nitrogen and oxygen atoms in total. The molecule has 2 N–H and O–H groups in total. The van der Waals surface area contributed by atoms with Gasteiger partial charge in [-0.1, -0.05) is 25.5 Å². The van der Waals surface area contributed by atoms with Crippen molar-refractivity contribution in [2.24, 2.45) is 0 Å². The Bertz CT molecular complexity index is 697. The molecule has 3 amide bonds. The minimum Gasteiger partial charge on any atom is -0.462 e. The second-order valence-corrected chi connectivity index (χ2v) is 7.71. The molecule has 1 unspecified atom stereocenters. The van der Waals surface area contributed by atoms with Crippen molar-refractivity contribution >= 4 is 23.6 Å². The maximum absolute atomic E-state index is 12.4. The first-order chi connectivity index (χ1) is 12.7. The molecule has 1 aliphatic heterocycles. The number of urea groups is 1. The van der Waals surface area contributed by atoms with Gasteiger partial charge < -0.3 is 20.3 Å². The molecule has 1 saturated heterocycles. The molecule has 1 aliphatic rings. The number of anilines is 1. The van der Waals surface area contributed by atoms with E-state index in [1.807, 2.05) is 27.7 Å². The highest BCUT2D eigenvalue weighted by Gasteiger charge is 2.36. The van der Waals surface area contributed by atoms with Crippen LogP contribution in [0.5, 0.6) is 0 Å². The Morgan fingerprint density at radius 1 is 1.26 bits per heavy atom. The zero-order chi connectivity index (χ0) is 20.0. The minimum absolute atomic E-state index is 0.0210. The van der Waals surface area contributed by atoms with Crippen molar-refractivity contribution in [1.29, 1.82) is 0 Å². The van der Waals surface area contributed by atoms with E-state index in [1.165, 1.54) is 0 Å². The summed E-state index contributed by atoms with van der Waals surface area (Å²) in [6.07, 6.45) is 1.99. The fourth-order valence-electron chi connectivity index (χ4n) is 2.95. The second-order valence-electron chi connectivity index (χ2n) is 7.71. The van der Waals surface area contributed by atoms with E-state index in [2.05, 4.69) is 10.6 Å². The summed E-state index contributed by atoms with van der Waals surface area (Å²) in [5.41, 5.74) is 0.412. The predicted molar refractivity (Wildman–Crippen MR) is 104 cm³/mol. The molecule has 0 aromatic heterocycles. The Morgan fingerprint density at radius 3 is 2.59 bits per heavy atom. The number of rotatable bonds is 6. The molecule has 7 heteroatoms. The van der Waals surface area contributed by atoms with Crippen LogP contribution in [-0.2, 0) is 9.53 Å². The van der Waals surface area contributed by atoms with Gasteiger partial charge in [-0.15, -0.1) is 0 Å². The number of carbonyl (C=O) groups is 3. The molecule has 1 aromatic carbocycles. The van der Waals surface area contributed by atoms with Gasteiger partial charge in [-0.3, -0.25) is 4.79 Å². The molecule has 0 spiro atoms. The van der Waals surface area contributed by atoms with Crippen LogP contribution >= 0.6 is 0 Å². The number of para-hydroxylation sites is 1. The number of amides is 3. The molecule has 1 aromatic rings. The van der Waals surface area contributed by atoms with E-state index in [0.29, 0.717) is 24.4 Å². The van der Waals surface area contributed by atoms with Gasteiger partial charge in [0.15, 0.2) is 0 Å². The lowest BCUT2D eigenvalue weighted by Gasteiger charge is -2.32. The van der Waals surface area contributed by atoms with Crippen LogP contribution < -0.4 is 10.6 Å². The Morgan fingerprint density at radius 2 is 1.96 bits per heavy atom. The average molecular weight is 375 g/mol. The topological polar surface area (TPSA) is 87.7 Å². The molecule has 2 rings (SSSR count). The average Bonchev–Trinajstić information content (AvgIpc) is 2.96. The normalized spacial score (nSPS) is 17.0. The quantitative estimate of drug-likeness (QED) is 0.590. The van der Waals surface area contributed by atoms with E-state index in [4.69, 9.17) is 4.74 Å². The summed E-state index contributed by atoms with van der Waals surface area (Å²) in [4.78, 5) is 38.5. The molecular weight excluding hydrogens is 346 g/mol. The monoisotopic (exact) mass is 375 g/mol. The zero-order valence-corrected chi connectivity index (χ0v) is 16.5. The molecule has 27 heavy (non-hydrogen) atoms. The van der Waals surface area contributed by atoms with Gasteiger partial charge in [-0.25, -0.2) is 9.59 Å². The van der Waals surface area contributed by atoms with Gasteiger partial charge in [-0.2, -0.15) is 0 Å². The van der Waals surface area contributed by atoms with Crippen LogP contribution in [0.1, 0.15) is 57.3 Å². The number of nitrogens with one attached hydrogen (secondary N) is 2. The molecule has 0 radical (unpaired) electrons. The summed E-state index contributed by atoms with van der Waals surface area (Å²) in [7, 11) is 0. The fourth-order valence-corrected chi connectivity index (χ4v) is 2.95. The smallest absolute Gasteiger partial charge is 0.340 e. The summed E-state index contributed by atoms with van der Waals surface area (Å²) < 4.78 is 5.23. The van der Waals surface area contributed by atoms with Gasteiger partial charge in [0.25, 0.3) is 0 Å². The molecule has 148 valence electrons. The second kappa shape index (κ2) is 8.88. The summed E-state index contributed by atoms with van der Waals surface area (Å²) in [5.74, 6) is -0.443. The first kappa shape index (κ1) is 20.7. The van der Waals surface area contributed by atoms with Crippen LogP contribution in [0.15, 0.2) is 24.3 Å². The van der Waals surface area contributed by atoms with E-state index in [0.717, 1.165) is 12.8 Å². The summed E-state index contributed by atoms with van der Waals surface area (Å²) in [5, 5.41) is 5.51. The van der Waals surface area contributed by atoms with Gasteiger partial charge >= 0.3 is 12.0 Å². The summed E-state index contributed by atoms with van der Waals surface area (Å²) in [6.45, 7) is 8.73. The fraction of sp³-hybridized carbons (Fsp3) is 0.550. The third-order valence-corrected chi connectivity index (χ3v) is 4.40. The van der Waals surface area contributed by atoms with E-state index < -0.39 is 12.0 Å². The van der Waals surface area contributed by atoms with Gasteiger partial charge in [0, 0.05) is 18.5 Å². The third kappa shape index (κ3) is 5.70. The van der Waals surface area contributed by atoms with E-state index in [9.17, 15) is 14.4 Å². The lowest BCUT2D eigenvalue weighted by atomic mass is 10.1. The number of likely N-dealkylation sites (tertiary alicyclic amines) is 1. The van der Waals surface area contributed by atoms with Crippen molar-refractivity contribution in [1.82, 2.24) is 10.2 Å². The van der Waals surface area contributed by atoms with Gasteiger partial charge in [0.2, 0.25) is 5.91 Å². The Kier molecular flexibility index (Phi) is 6.82. The number of esters is 1. The summed E-state index contributed by atoms with van der Waals surface area (Å²) >= 11 is 0. The maximum Gasteiger partial charge on any atom is 0.340 e. The largest absolute Gasteiger partial charge is 0.462 e. The van der Waals surface area contributed by atoms with Crippen molar-refractivity contribution in [3.05, 3.63) is 29.8 Å². The highest BCUT2D eigenvalue weighted by molar-refractivity contribution is 6.01. The molecule has 0 saturated carbocycles. The van der Waals surface area contributed by atoms with Crippen molar-refractivity contribution in [3.63, 3.8) is 0 Å². The Labute approximate surface area is 160 Å². The first-order valence-electron chi connectivity index (χ1n) is 9.36. The van der Waals surface area contributed by atoms with Crippen LogP contribution in [-0.4, -0.2) is 47.5 Å². The summed E-state index contributed by atoms with van der Waals surface area (Å²) in [6, 6.07) is 6.01. The Balaban J connectivity index is 1.97. The van der Waals surface area contributed by atoms with Crippen molar-refractivity contribution in [2.45, 2.75) is 58.5 Å². The number of hydrogen-bond donors (Lipinski definition) is 2. The number of ether oxygens (including phenoxy) is 1. The molecule has 0 bridgehead atoms. The number of unbranched alkanes of at least 4 members (excludes halogenated alkanes) is 1. The predicted octanol–water partition coefficient (Wildman–Crippen LogP) is 3.16. The van der Waals surface area contributed by atoms with Crippen LogP contribution in [0.2, 0.25) is 0 Å². The highest BCUT2D eigenvalue weighted by atomic mass is 16.5. The van der Waals surface area contributed by atoms with Crippen LogP contribution in [0.25, 0.3) is 0 Å². The number of benzene rings is 1. The zero-order valence-electron chi connectivity index (χ0n) is 16.5. The standard InChI is InChI=1S/C20H29N3O4/c1-5-6-11-27-18(25)15-9-7-8-10-16(15)22-19(26)21-14-12-17(24)23(13-14)20(2,3)4/h7-10,14H,5-6,11-13H2,1-4H3,(H2,21,22,26). The van der Waals surface area contributed by atoms with Crippen LogP contribution in [0.3, 0.4) is 0 Å². The van der Waals surface area contributed by atoms with Crippen molar-refractivity contribution < 1.29 is 19.1 Å². The minimum atomic E-state index is -0.464. The number of carbonyl (C=O) groups excluding carboxylic acids is 3. The van der Waals surface area contributed by atoms with E-state index in [-0.39, 0.29) is 23.9 Å². The molecule has 0 aliphatic carbocycles. The van der Waals surface area contributed by atoms with Crippen LogP contribution in [0, 0.1) is 0 Å². The number of nitrogens with zero attached hydrogens (tertiary/aromatic N) is 1. The molecule has 1 heterocycles. The lowest BCUT2D eigenvalue weighted by Crippen LogP contribution is -2.45. The third-order valence-electron chi connectivity index (χ3n) is 4.40. The van der Waals surface area contributed by atoms with Gasteiger partial charge in [0.1, 0.15) is 0 Å². The van der Waals surface area contributed by atoms with Crippen LogP contribution in [0.4, 0.5) is 10.5 Å².